The van der Waals surface area contributed by atoms with Crippen LogP contribution in [0, 0.1) is 6.92 Å². The Hall–Kier alpha value is -0.380. The summed E-state index contributed by atoms with van der Waals surface area (Å²) in [5.41, 5.74) is 1.29. The maximum Gasteiger partial charge on any atom is 0.0755 e. The van der Waals surface area contributed by atoms with Crippen molar-refractivity contribution in [1.29, 1.82) is 0 Å². The van der Waals surface area contributed by atoms with Gasteiger partial charge in [0.05, 0.1) is 12.1 Å². The molecule has 2 atom stereocenters. The van der Waals surface area contributed by atoms with E-state index in [0.29, 0.717) is 0 Å². The quantitative estimate of drug-likeness (QED) is 0.690. The van der Waals surface area contributed by atoms with Crippen LogP contribution in [-0.4, -0.2) is 17.8 Å². The number of aliphatic hydroxyl groups is 1. The van der Waals surface area contributed by atoms with Crippen molar-refractivity contribution >= 4 is 11.3 Å². The van der Waals surface area contributed by atoms with Crippen LogP contribution in [0.4, 0.5) is 0 Å². The van der Waals surface area contributed by atoms with Crippen LogP contribution in [0.5, 0.6) is 0 Å². The summed E-state index contributed by atoms with van der Waals surface area (Å²) in [4.78, 5) is 1.29. The monoisotopic (exact) mass is 183 g/mol. The molecule has 0 aromatic carbocycles. The summed E-state index contributed by atoms with van der Waals surface area (Å²) in [7, 11) is 0. The van der Waals surface area contributed by atoms with Crippen LogP contribution in [0.1, 0.15) is 22.9 Å². The van der Waals surface area contributed by atoms with E-state index >= 15 is 0 Å². The van der Waals surface area contributed by atoms with Crippen molar-refractivity contribution < 1.29 is 5.11 Å². The predicted octanol–water partition coefficient (Wildman–Crippen LogP) is 1.45. The average Bonchev–Trinajstić information content (AvgIpc) is 2.59. The number of rotatable bonds is 1. The minimum atomic E-state index is -0.192. The first-order valence-corrected chi connectivity index (χ1v) is 5.12. The van der Waals surface area contributed by atoms with Gasteiger partial charge in [-0.2, -0.15) is 0 Å². The molecule has 0 bridgehead atoms. The third kappa shape index (κ3) is 1.28. The Balaban J connectivity index is 2.24. The van der Waals surface area contributed by atoms with Gasteiger partial charge in [-0.05, 0) is 36.9 Å². The van der Waals surface area contributed by atoms with E-state index in [0.717, 1.165) is 13.0 Å². The third-order valence-corrected chi connectivity index (χ3v) is 3.48. The second kappa shape index (κ2) is 3.17. The van der Waals surface area contributed by atoms with Crippen molar-refractivity contribution in [2.24, 2.45) is 0 Å². The maximum atomic E-state index is 9.63. The molecule has 2 unspecified atom stereocenters. The fraction of sp³-hybridized carbons (Fsp3) is 0.556. The van der Waals surface area contributed by atoms with Crippen molar-refractivity contribution in [3.8, 4) is 0 Å². The number of aliphatic hydroxyl groups excluding tert-OH is 1. The first kappa shape index (κ1) is 8.23. The predicted molar refractivity (Wildman–Crippen MR) is 50.4 cm³/mol. The van der Waals surface area contributed by atoms with Gasteiger partial charge in [-0.3, -0.25) is 0 Å². The van der Waals surface area contributed by atoms with E-state index in [1.54, 1.807) is 11.3 Å². The number of hydrogen-bond donors (Lipinski definition) is 2. The Morgan fingerprint density at radius 2 is 2.50 bits per heavy atom. The van der Waals surface area contributed by atoms with Gasteiger partial charge >= 0.3 is 0 Å². The van der Waals surface area contributed by atoms with Gasteiger partial charge in [0.2, 0.25) is 0 Å². The molecule has 1 aromatic heterocycles. The molecule has 3 heteroatoms. The van der Waals surface area contributed by atoms with E-state index in [9.17, 15) is 5.11 Å². The van der Waals surface area contributed by atoms with E-state index in [1.807, 2.05) is 0 Å². The lowest BCUT2D eigenvalue weighted by Gasteiger charge is -2.13. The molecule has 0 aliphatic carbocycles. The molecule has 1 saturated heterocycles. The van der Waals surface area contributed by atoms with Gasteiger partial charge in [-0.15, -0.1) is 11.3 Å². The largest absolute Gasteiger partial charge is 0.391 e. The Kier molecular flexibility index (Phi) is 2.17. The van der Waals surface area contributed by atoms with Gasteiger partial charge in [0, 0.05) is 4.88 Å². The lowest BCUT2D eigenvalue weighted by Crippen LogP contribution is -2.20. The maximum absolute atomic E-state index is 9.63. The summed E-state index contributed by atoms with van der Waals surface area (Å²) in [6.45, 7) is 3.03. The normalized spacial score (nSPS) is 29.5. The Labute approximate surface area is 76.2 Å². The number of hydrogen-bond acceptors (Lipinski definition) is 3. The van der Waals surface area contributed by atoms with Crippen LogP contribution in [0.15, 0.2) is 11.4 Å². The molecule has 12 heavy (non-hydrogen) atoms. The van der Waals surface area contributed by atoms with Gasteiger partial charge < -0.3 is 10.4 Å². The van der Waals surface area contributed by atoms with Crippen LogP contribution in [0.3, 0.4) is 0 Å². The molecule has 2 rings (SSSR count). The highest BCUT2D eigenvalue weighted by Gasteiger charge is 2.27. The number of nitrogens with one attached hydrogen (secondary N) is 1. The van der Waals surface area contributed by atoms with E-state index in [-0.39, 0.29) is 12.1 Å². The molecule has 1 fully saturated rings. The molecule has 0 radical (unpaired) electrons. The minimum absolute atomic E-state index is 0.185. The molecule has 0 amide bonds. The highest BCUT2D eigenvalue weighted by atomic mass is 32.1. The SMILES string of the molecule is Cc1ccsc1C1NCCC1O. The molecule has 0 saturated carbocycles. The Morgan fingerprint density at radius 1 is 1.67 bits per heavy atom. The lowest BCUT2D eigenvalue weighted by molar-refractivity contribution is 0.161. The van der Waals surface area contributed by atoms with Gasteiger partial charge in [0.25, 0.3) is 0 Å². The van der Waals surface area contributed by atoms with Crippen LogP contribution < -0.4 is 5.32 Å². The fourth-order valence-electron chi connectivity index (χ4n) is 1.66. The van der Waals surface area contributed by atoms with Crippen LogP contribution in [0.25, 0.3) is 0 Å². The summed E-state index contributed by atoms with van der Waals surface area (Å²) in [6.07, 6.45) is 0.685. The highest BCUT2D eigenvalue weighted by molar-refractivity contribution is 7.10. The van der Waals surface area contributed by atoms with Crippen molar-refractivity contribution in [1.82, 2.24) is 5.32 Å². The molecule has 2 heterocycles. The number of aryl methyl sites for hydroxylation is 1. The van der Waals surface area contributed by atoms with Gasteiger partial charge in [-0.1, -0.05) is 0 Å². The van der Waals surface area contributed by atoms with Crippen LogP contribution >= 0.6 is 11.3 Å². The second-order valence-electron chi connectivity index (χ2n) is 3.26. The standard InChI is InChI=1S/C9H13NOS/c1-6-3-5-12-9(6)8-7(11)2-4-10-8/h3,5,7-8,10-11H,2,4H2,1H3. The van der Waals surface area contributed by atoms with Gasteiger partial charge in [0.1, 0.15) is 0 Å². The Bertz CT molecular complexity index is 271. The highest BCUT2D eigenvalue weighted by Crippen LogP contribution is 2.30. The summed E-state index contributed by atoms with van der Waals surface area (Å²) < 4.78 is 0. The molecule has 66 valence electrons. The smallest absolute Gasteiger partial charge is 0.0755 e. The topological polar surface area (TPSA) is 32.3 Å². The first-order chi connectivity index (χ1) is 5.79. The van der Waals surface area contributed by atoms with Crippen LogP contribution in [-0.2, 0) is 0 Å². The minimum Gasteiger partial charge on any atom is -0.391 e. The molecule has 0 spiro atoms. The molecular weight excluding hydrogens is 170 g/mol. The fourth-order valence-corrected chi connectivity index (χ4v) is 2.72. The third-order valence-electron chi connectivity index (χ3n) is 2.37. The molecule has 2 N–H and O–H groups in total. The van der Waals surface area contributed by atoms with E-state index in [1.165, 1.54) is 10.4 Å². The molecule has 1 aromatic rings. The molecular formula is C9H13NOS. The molecule has 1 aliphatic rings. The summed E-state index contributed by atoms with van der Waals surface area (Å²) >= 11 is 1.73. The van der Waals surface area contributed by atoms with Crippen molar-refractivity contribution in [3.63, 3.8) is 0 Å². The van der Waals surface area contributed by atoms with E-state index in [2.05, 4.69) is 23.7 Å². The van der Waals surface area contributed by atoms with Crippen molar-refractivity contribution in [3.05, 3.63) is 21.9 Å². The summed E-state index contributed by atoms with van der Waals surface area (Å²) in [6, 6.07) is 2.29. The summed E-state index contributed by atoms with van der Waals surface area (Å²) in [5, 5.41) is 15.0. The molecule has 2 nitrogen and oxygen atoms in total. The lowest BCUT2D eigenvalue weighted by atomic mass is 10.1. The zero-order valence-electron chi connectivity index (χ0n) is 7.08. The van der Waals surface area contributed by atoms with Crippen molar-refractivity contribution in [2.45, 2.75) is 25.5 Å². The second-order valence-corrected chi connectivity index (χ2v) is 4.20. The Morgan fingerprint density at radius 3 is 3.00 bits per heavy atom. The van der Waals surface area contributed by atoms with Gasteiger partial charge in [-0.25, -0.2) is 0 Å². The molecule has 1 aliphatic heterocycles. The zero-order chi connectivity index (χ0) is 8.55. The number of thiophene rings is 1. The van der Waals surface area contributed by atoms with Crippen LogP contribution in [0.2, 0.25) is 0 Å². The average molecular weight is 183 g/mol. The van der Waals surface area contributed by atoms with E-state index in [4.69, 9.17) is 0 Å². The van der Waals surface area contributed by atoms with E-state index < -0.39 is 0 Å². The summed E-state index contributed by atoms with van der Waals surface area (Å²) in [5.74, 6) is 0. The zero-order valence-corrected chi connectivity index (χ0v) is 7.90. The first-order valence-electron chi connectivity index (χ1n) is 4.24. The van der Waals surface area contributed by atoms with Gasteiger partial charge in [0.15, 0.2) is 0 Å². The van der Waals surface area contributed by atoms with Crippen molar-refractivity contribution in [2.75, 3.05) is 6.54 Å².